The number of nitrogens with zero attached hydrogens (tertiary/aromatic N) is 1. The van der Waals surface area contributed by atoms with Crippen LogP contribution >= 0.6 is 0 Å². The second kappa shape index (κ2) is 7.24. The summed E-state index contributed by atoms with van der Waals surface area (Å²) in [4.78, 5) is 15.2. The van der Waals surface area contributed by atoms with E-state index in [9.17, 15) is 4.79 Å². The van der Waals surface area contributed by atoms with Gasteiger partial charge in [-0.15, -0.1) is 0 Å². The third kappa shape index (κ3) is 3.34. The molecule has 1 saturated heterocycles. The van der Waals surface area contributed by atoms with Gasteiger partial charge in [0.2, 0.25) is 5.91 Å². The molecule has 3 aliphatic rings. The Morgan fingerprint density at radius 3 is 2.76 bits per heavy atom. The molecule has 1 aliphatic carbocycles. The van der Waals surface area contributed by atoms with Crippen molar-refractivity contribution in [3.05, 3.63) is 23.8 Å². The Morgan fingerprint density at radius 1 is 1.20 bits per heavy atom. The lowest BCUT2D eigenvalue weighted by molar-refractivity contribution is -0.132. The summed E-state index contributed by atoms with van der Waals surface area (Å²) in [5, 5.41) is 3.25. The summed E-state index contributed by atoms with van der Waals surface area (Å²) in [6.07, 6.45) is 7.49. The van der Waals surface area contributed by atoms with Crippen molar-refractivity contribution in [1.82, 2.24) is 10.2 Å². The number of likely N-dealkylation sites (tertiary alicyclic amines) is 1. The average molecular weight is 344 g/mol. The number of methoxy groups -OCH3 is 1. The van der Waals surface area contributed by atoms with Crippen molar-refractivity contribution in [2.24, 2.45) is 5.92 Å². The monoisotopic (exact) mass is 344 g/mol. The number of hydrogen-bond acceptors (Lipinski definition) is 4. The van der Waals surface area contributed by atoms with Crippen molar-refractivity contribution in [2.75, 3.05) is 26.8 Å². The van der Waals surface area contributed by atoms with Crippen LogP contribution < -0.4 is 14.8 Å². The van der Waals surface area contributed by atoms with Crippen LogP contribution in [0.15, 0.2) is 18.2 Å². The summed E-state index contributed by atoms with van der Waals surface area (Å²) in [6.45, 7) is 2.45. The predicted molar refractivity (Wildman–Crippen MR) is 95.9 cm³/mol. The van der Waals surface area contributed by atoms with Gasteiger partial charge in [0.15, 0.2) is 11.5 Å². The predicted octanol–water partition coefficient (Wildman–Crippen LogP) is 2.90. The minimum atomic E-state index is 0.0232. The van der Waals surface area contributed by atoms with Crippen molar-refractivity contribution in [1.29, 1.82) is 0 Å². The van der Waals surface area contributed by atoms with Crippen LogP contribution in [0.4, 0.5) is 0 Å². The number of fused-ring (bicyclic) bond motifs is 1. The Hall–Kier alpha value is -1.75. The quantitative estimate of drug-likeness (QED) is 0.912. The molecule has 25 heavy (non-hydrogen) atoms. The molecular weight excluding hydrogens is 316 g/mol. The van der Waals surface area contributed by atoms with Crippen LogP contribution in [0.1, 0.15) is 50.1 Å². The van der Waals surface area contributed by atoms with Gasteiger partial charge in [0.25, 0.3) is 0 Å². The number of benzene rings is 1. The van der Waals surface area contributed by atoms with Crippen LogP contribution in [-0.2, 0) is 4.79 Å². The van der Waals surface area contributed by atoms with E-state index in [2.05, 4.69) is 10.2 Å². The molecule has 5 heteroatoms. The normalized spacial score (nSPS) is 24.8. The topological polar surface area (TPSA) is 50.8 Å². The fourth-order valence-electron chi connectivity index (χ4n) is 4.42. The minimum Gasteiger partial charge on any atom is -0.493 e. The molecule has 136 valence electrons. The Morgan fingerprint density at radius 2 is 2.00 bits per heavy atom. The highest BCUT2D eigenvalue weighted by molar-refractivity contribution is 5.80. The Balaban J connectivity index is 1.35. The zero-order valence-corrected chi connectivity index (χ0v) is 15.0. The van der Waals surface area contributed by atoms with Gasteiger partial charge in [-0.1, -0.05) is 31.4 Å². The second-order valence-corrected chi connectivity index (χ2v) is 7.52. The summed E-state index contributed by atoms with van der Waals surface area (Å²) in [5.74, 6) is 1.84. The van der Waals surface area contributed by atoms with Gasteiger partial charge < -0.3 is 14.8 Å². The van der Waals surface area contributed by atoms with Crippen LogP contribution in [-0.4, -0.2) is 43.7 Å². The van der Waals surface area contributed by atoms with E-state index in [1.165, 1.54) is 32.1 Å². The average Bonchev–Trinajstić information content (AvgIpc) is 2.61. The van der Waals surface area contributed by atoms with Crippen molar-refractivity contribution in [2.45, 2.75) is 50.6 Å². The van der Waals surface area contributed by atoms with Crippen LogP contribution in [0, 0.1) is 5.92 Å². The van der Waals surface area contributed by atoms with Crippen LogP contribution in [0.2, 0.25) is 0 Å². The maximum absolute atomic E-state index is 12.7. The molecule has 4 rings (SSSR count). The van der Waals surface area contributed by atoms with Gasteiger partial charge in [-0.2, -0.15) is 0 Å². The third-order valence-corrected chi connectivity index (χ3v) is 5.95. The van der Waals surface area contributed by atoms with Gasteiger partial charge in [-0.3, -0.25) is 9.69 Å². The highest BCUT2D eigenvalue weighted by atomic mass is 16.5. The fourth-order valence-corrected chi connectivity index (χ4v) is 4.42. The van der Waals surface area contributed by atoms with Gasteiger partial charge in [-0.05, 0) is 18.9 Å². The molecule has 2 fully saturated rings. The SMILES string of the molecule is COc1cccc2c1OCCC2NC(=O)C1CN(C2CCCCC2)C1. The molecule has 1 atom stereocenters. The molecule has 2 aliphatic heterocycles. The lowest BCUT2D eigenvalue weighted by Crippen LogP contribution is -2.57. The van der Waals surface area contributed by atoms with E-state index in [-0.39, 0.29) is 17.9 Å². The lowest BCUT2D eigenvalue weighted by atomic mass is 9.88. The molecule has 0 radical (unpaired) electrons. The smallest absolute Gasteiger partial charge is 0.226 e. The number of ether oxygens (including phenoxy) is 2. The van der Waals surface area contributed by atoms with E-state index in [1.54, 1.807) is 7.11 Å². The molecule has 1 amide bonds. The summed E-state index contributed by atoms with van der Waals surface area (Å²) in [5.41, 5.74) is 1.03. The minimum absolute atomic E-state index is 0.0232. The zero-order valence-electron chi connectivity index (χ0n) is 15.0. The van der Waals surface area contributed by atoms with E-state index < -0.39 is 0 Å². The van der Waals surface area contributed by atoms with Crippen LogP contribution in [0.5, 0.6) is 11.5 Å². The van der Waals surface area contributed by atoms with Gasteiger partial charge in [-0.25, -0.2) is 0 Å². The number of carbonyl (C=O) groups excluding carboxylic acids is 1. The number of para-hydroxylation sites is 1. The molecular formula is C20H28N2O3. The lowest BCUT2D eigenvalue weighted by Gasteiger charge is -2.45. The second-order valence-electron chi connectivity index (χ2n) is 7.52. The summed E-state index contributed by atoms with van der Waals surface area (Å²) in [7, 11) is 1.65. The van der Waals surface area contributed by atoms with Crippen molar-refractivity contribution in [3.63, 3.8) is 0 Å². The summed E-state index contributed by atoms with van der Waals surface area (Å²) in [6, 6.07) is 6.62. The number of carbonyl (C=O) groups is 1. The molecule has 1 N–H and O–H groups in total. The molecule has 1 aromatic carbocycles. The van der Waals surface area contributed by atoms with E-state index >= 15 is 0 Å². The number of hydrogen-bond donors (Lipinski definition) is 1. The maximum atomic E-state index is 12.7. The van der Waals surface area contributed by atoms with Gasteiger partial charge in [0.1, 0.15) is 0 Å². The Bertz CT molecular complexity index is 621. The first-order valence-corrected chi connectivity index (χ1v) is 9.60. The van der Waals surface area contributed by atoms with Gasteiger partial charge in [0, 0.05) is 31.1 Å². The fraction of sp³-hybridized carbons (Fsp3) is 0.650. The molecule has 0 spiro atoms. The maximum Gasteiger partial charge on any atom is 0.226 e. The van der Waals surface area contributed by atoms with Crippen molar-refractivity contribution >= 4 is 5.91 Å². The summed E-state index contributed by atoms with van der Waals surface area (Å²) < 4.78 is 11.2. The van der Waals surface area contributed by atoms with Crippen molar-refractivity contribution < 1.29 is 14.3 Å². The molecule has 0 aromatic heterocycles. The van der Waals surface area contributed by atoms with Gasteiger partial charge in [0.05, 0.1) is 25.7 Å². The first-order valence-electron chi connectivity index (χ1n) is 9.60. The molecule has 1 saturated carbocycles. The van der Waals surface area contributed by atoms with Gasteiger partial charge >= 0.3 is 0 Å². The van der Waals surface area contributed by atoms with E-state index in [4.69, 9.17) is 9.47 Å². The number of amides is 1. The third-order valence-electron chi connectivity index (χ3n) is 5.95. The molecule has 0 bridgehead atoms. The highest BCUT2D eigenvalue weighted by Gasteiger charge is 2.38. The standard InChI is InChI=1S/C20H28N2O3/c1-24-18-9-5-8-16-17(10-11-25-19(16)18)21-20(23)14-12-22(13-14)15-6-3-2-4-7-15/h5,8-9,14-15,17H,2-4,6-7,10-13H2,1H3,(H,21,23). The molecule has 5 nitrogen and oxygen atoms in total. The van der Waals surface area contributed by atoms with Crippen LogP contribution in [0.25, 0.3) is 0 Å². The molecule has 1 unspecified atom stereocenters. The first-order chi connectivity index (χ1) is 12.3. The first kappa shape index (κ1) is 16.7. The molecule has 1 aromatic rings. The Labute approximate surface area is 149 Å². The van der Waals surface area contributed by atoms with E-state index in [0.29, 0.717) is 12.6 Å². The highest BCUT2D eigenvalue weighted by Crippen LogP contribution is 2.39. The van der Waals surface area contributed by atoms with E-state index in [0.717, 1.165) is 36.6 Å². The number of nitrogens with one attached hydrogen (secondary N) is 1. The van der Waals surface area contributed by atoms with E-state index in [1.807, 2.05) is 18.2 Å². The Kier molecular flexibility index (Phi) is 4.84. The van der Waals surface area contributed by atoms with Crippen molar-refractivity contribution in [3.8, 4) is 11.5 Å². The largest absolute Gasteiger partial charge is 0.493 e. The number of rotatable bonds is 4. The molecule has 2 heterocycles. The zero-order chi connectivity index (χ0) is 17.2. The van der Waals surface area contributed by atoms with Crippen LogP contribution in [0.3, 0.4) is 0 Å². The summed E-state index contributed by atoms with van der Waals surface area (Å²) >= 11 is 0.